The number of rotatable bonds is 3. The van der Waals surface area contributed by atoms with Gasteiger partial charge < -0.3 is 5.11 Å². The molecule has 1 aliphatic heterocycles. The molecular weight excluding hydrogens is 278 g/mol. The molecule has 20 heavy (non-hydrogen) atoms. The molecule has 104 valence electrons. The van der Waals surface area contributed by atoms with Gasteiger partial charge in [0.15, 0.2) is 0 Å². The molecule has 2 aromatic rings. The third-order valence-corrected chi connectivity index (χ3v) is 4.88. The summed E-state index contributed by atoms with van der Waals surface area (Å²) in [4.78, 5) is 1.14. The van der Waals surface area contributed by atoms with Crippen LogP contribution in [0.1, 0.15) is 17.0 Å². The van der Waals surface area contributed by atoms with E-state index in [2.05, 4.69) is 0 Å². The second-order valence-electron chi connectivity index (χ2n) is 4.93. The van der Waals surface area contributed by atoms with Gasteiger partial charge in [-0.2, -0.15) is 0 Å². The zero-order valence-electron chi connectivity index (χ0n) is 10.7. The van der Waals surface area contributed by atoms with E-state index in [1.54, 1.807) is 11.8 Å². The van der Waals surface area contributed by atoms with Crippen molar-refractivity contribution in [2.24, 2.45) is 0 Å². The van der Waals surface area contributed by atoms with Crippen LogP contribution in [-0.4, -0.2) is 17.0 Å². The first-order valence-electron chi connectivity index (χ1n) is 6.49. The lowest BCUT2D eigenvalue weighted by Gasteiger charge is -2.19. The molecule has 0 amide bonds. The smallest absolute Gasteiger partial charge is 0.129 e. The highest BCUT2D eigenvalue weighted by Gasteiger charge is 2.30. The minimum Gasteiger partial charge on any atom is -0.392 e. The number of hydrogen-bond acceptors (Lipinski definition) is 2. The highest BCUT2D eigenvalue weighted by molar-refractivity contribution is 7.99. The fourth-order valence-electron chi connectivity index (χ4n) is 2.58. The number of halogens is 2. The molecule has 0 aromatic heterocycles. The first-order valence-corrected chi connectivity index (χ1v) is 7.48. The standard InChI is InChI=1S/C16H14F2OS/c17-13-5-3-6-14(18)11(13)8-15(19)12-9-20-16-7-2-1-4-10(12)16/h1-7,12,15,19H,8-9H2. The number of benzene rings is 2. The van der Waals surface area contributed by atoms with Crippen LogP contribution in [-0.2, 0) is 6.42 Å². The lowest BCUT2D eigenvalue weighted by atomic mass is 9.91. The summed E-state index contributed by atoms with van der Waals surface area (Å²) in [7, 11) is 0. The van der Waals surface area contributed by atoms with E-state index in [4.69, 9.17) is 0 Å². The number of aliphatic hydroxyl groups is 1. The SMILES string of the molecule is OC(Cc1c(F)cccc1F)C1CSc2ccccc21. The molecule has 3 rings (SSSR count). The molecule has 0 radical (unpaired) electrons. The predicted molar refractivity (Wildman–Crippen MR) is 76.0 cm³/mol. The van der Waals surface area contributed by atoms with E-state index in [0.717, 1.165) is 16.2 Å². The van der Waals surface area contributed by atoms with Crippen LogP contribution in [0.3, 0.4) is 0 Å². The van der Waals surface area contributed by atoms with Crippen molar-refractivity contribution in [2.75, 3.05) is 5.75 Å². The first-order chi connectivity index (χ1) is 9.66. The molecule has 2 unspecified atom stereocenters. The summed E-state index contributed by atoms with van der Waals surface area (Å²) in [5.41, 5.74) is 1.04. The summed E-state index contributed by atoms with van der Waals surface area (Å²) in [5, 5.41) is 10.4. The van der Waals surface area contributed by atoms with Crippen molar-refractivity contribution in [3.05, 3.63) is 65.2 Å². The van der Waals surface area contributed by atoms with Gasteiger partial charge in [0.2, 0.25) is 0 Å². The average Bonchev–Trinajstić information content (AvgIpc) is 2.87. The summed E-state index contributed by atoms with van der Waals surface area (Å²) < 4.78 is 27.3. The van der Waals surface area contributed by atoms with Crippen LogP contribution in [0.15, 0.2) is 47.4 Å². The summed E-state index contributed by atoms with van der Waals surface area (Å²) in [6.45, 7) is 0. The molecule has 2 aromatic carbocycles. The van der Waals surface area contributed by atoms with Crippen molar-refractivity contribution in [3.63, 3.8) is 0 Å². The Morgan fingerprint density at radius 1 is 1.10 bits per heavy atom. The molecule has 0 saturated heterocycles. The topological polar surface area (TPSA) is 20.2 Å². The van der Waals surface area contributed by atoms with Crippen molar-refractivity contribution in [2.45, 2.75) is 23.3 Å². The molecule has 0 aliphatic carbocycles. The molecule has 1 heterocycles. The third kappa shape index (κ3) is 2.45. The zero-order valence-corrected chi connectivity index (χ0v) is 11.5. The van der Waals surface area contributed by atoms with Gasteiger partial charge in [0.25, 0.3) is 0 Å². The molecule has 0 fully saturated rings. The fourth-order valence-corrected chi connectivity index (χ4v) is 3.91. The monoisotopic (exact) mass is 292 g/mol. The molecular formula is C16H14F2OS. The highest BCUT2D eigenvalue weighted by Crippen LogP contribution is 2.41. The van der Waals surface area contributed by atoms with E-state index in [9.17, 15) is 13.9 Å². The van der Waals surface area contributed by atoms with Crippen LogP contribution in [0.2, 0.25) is 0 Å². The van der Waals surface area contributed by atoms with Crippen LogP contribution in [0.25, 0.3) is 0 Å². The van der Waals surface area contributed by atoms with Crippen molar-refractivity contribution in [3.8, 4) is 0 Å². The maximum Gasteiger partial charge on any atom is 0.129 e. The van der Waals surface area contributed by atoms with Crippen molar-refractivity contribution in [1.82, 2.24) is 0 Å². The van der Waals surface area contributed by atoms with Gasteiger partial charge in [0, 0.05) is 28.6 Å². The van der Waals surface area contributed by atoms with Gasteiger partial charge in [0.1, 0.15) is 11.6 Å². The number of thioether (sulfide) groups is 1. The highest BCUT2D eigenvalue weighted by atomic mass is 32.2. The molecule has 4 heteroatoms. The maximum atomic E-state index is 13.6. The first kappa shape index (κ1) is 13.6. The lowest BCUT2D eigenvalue weighted by molar-refractivity contribution is 0.149. The number of hydrogen-bond donors (Lipinski definition) is 1. The zero-order chi connectivity index (χ0) is 14.1. The Balaban J connectivity index is 1.83. The summed E-state index contributed by atoms with van der Waals surface area (Å²) in [6.07, 6.45) is -0.782. The Kier molecular flexibility index (Phi) is 3.76. The van der Waals surface area contributed by atoms with Gasteiger partial charge in [-0.05, 0) is 23.8 Å². The van der Waals surface area contributed by atoms with E-state index >= 15 is 0 Å². The second-order valence-corrected chi connectivity index (χ2v) is 5.99. The molecule has 0 spiro atoms. The Bertz CT molecular complexity index is 609. The van der Waals surface area contributed by atoms with Crippen LogP contribution in [0.4, 0.5) is 8.78 Å². The summed E-state index contributed by atoms with van der Waals surface area (Å²) in [6, 6.07) is 11.6. The van der Waals surface area contributed by atoms with Crippen molar-refractivity contribution >= 4 is 11.8 Å². The number of fused-ring (bicyclic) bond motifs is 1. The van der Waals surface area contributed by atoms with Crippen LogP contribution in [0.5, 0.6) is 0 Å². The normalized spacial score (nSPS) is 18.9. The molecule has 1 N–H and O–H groups in total. The molecule has 1 aliphatic rings. The van der Waals surface area contributed by atoms with Crippen LogP contribution in [0, 0.1) is 11.6 Å². The quantitative estimate of drug-likeness (QED) is 0.929. The Labute approximate surface area is 120 Å². The second kappa shape index (κ2) is 5.54. The fraction of sp³-hybridized carbons (Fsp3) is 0.250. The minimum absolute atomic E-state index is 0.00192. The minimum atomic E-state index is -0.780. The van der Waals surface area contributed by atoms with Gasteiger partial charge in [-0.1, -0.05) is 24.3 Å². The maximum absolute atomic E-state index is 13.6. The predicted octanol–water partition coefficient (Wildman–Crippen LogP) is 3.76. The third-order valence-electron chi connectivity index (χ3n) is 3.68. The van der Waals surface area contributed by atoms with Gasteiger partial charge in [-0.15, -0.1) is 11.8 Å². The van der Waals surface area contributed by atoms with E-state index in [1.165, 1.54) is 18.2 Å². The largest absolute Gasteiger partial charge is 0.392 e. The average molecular weight is 292 g/mol. The van der Waals surface area contributed by atoms with Crippen LogP contribution >= 0.6 is 11.8 Å². The van der Waals surface area contributed by atoms with Crippen molar-refractivity contribution < 1.29 is 13.9 Å². The summed E-state index contributed by atoms with van der Waals surface area (Å²) >= 11 is 1.68. The van der Waals surface area contributed by atoms with Crippen LogP contribution < -0.4 is 0 Å². The van der Waals surface area contributed by atoms with Gasteiger partial charge in [-0.25, -0.2) is 8.78 Å². The molecule has 1 nitrogen and oxygen atoms in total. The van der Waals surface area contributed by atoms with E-state index in [1.807, 2.05) is 24.3 Å². The van der Waals surface area contributed by atoms with Gasteiger partial charge in [-0.3, -0.25) is 0 Å². The van der Waals surface area contributed by atoms with E-state index in [-0.39, 0.29) is 17.9 Å². The van der Waals surface area contributed by atoms with E-state index < -0.39 is 17.7 Å². The Morgan fingerprint density at radius 2 is 1.80 bits per heavy atom. The van der Waals surface area contributed by atoms with Crippen molar-refractivity contribution in [1.29, 1.82) is 0 Å². The molecule has 0 saturated carbocycles. The summed E-state index contributed by atoms with van der Waals surface area (Å²) in [5.74, 6) is -0.516. The lowest BCUT2D eigenvalue weighted by Crippen LogP contribution is -2.22. The van der Waals surface area contributed by atoms with Gasteiger partial charge >= 0.3 is 0 Å². The number of aliphatic hydroxyl groups excluding tert-OH is 1. The van der Waals surface area contributed by atoms with Gasteiger partial charge in [0.05, 0.1) is 6.10 Å². The Hall–Kier alpha value is -1.39. The van der Waals surface area contributed by atoms with E-state index in [0.29, 0.717) is 0 Å². The Morgan fingerprint density at radius 3 is 2.55 bits per heavy atom. The molecule has 0 bridgehead atoms. The molecule has 2 atom stereocenters.